The molecular formula is C6H16AuCl2N6Rh. The monoisotopic (exact) mass is 542 g/mol. The van der Waals surface area contributed by atoms with Crippen molar-refractivity contribution in [1.82, 2.24) is 0 Å². The summed E-state index contributed by atoms with van der Waals surface area (Å²) < 4.78 is 0. The van der Waals surface area contributed by atoms with E-state index in [9.17, 15) is 0 Å². The molecule has 8 N–H and O–H groups in total. The van der Waals surface area contributed by atoms with Gasteiger partial charge in [-0.1, -0.05) is 0 Å². The van der Waals surface area contributed by atoms with Gasteiger partial charge in [0, 0.05) is 26.2 Å². The fourth-order valence-electron chi connectivity index (χ4n) is 0. The Hall–Kier alpha value is 0.764. The van der Waals surface area contributed by atoms with E-state index >= 15 is 0 Å². The molecule has 0 rings (SSSR count). The molecule has 0 saturated carbocycles. The van der Waals surface area contributed by atoms with Gasteiger partial charge in [-0.15, -0.1) is 0 Å². The van der Waals surface area contributed by atoms with E-state index in [2.05, 4.69) is 0 Å². The third-order valence-corrected chi connectivity index (χ3v) is 0.333. The average Bonchev–Trinajstić information content (AvgIpc) is 2.35. The number of nitrogens with zero attached hydrogens (tertiary/aromatic N) is 2. The Labute approximate surface area is 129 Å². The molecule has 0 aliphatic rings. The molecule has 104 valence electrons. The van der Waals surface area contributed by atoms with Crippen LogP contribution in [0.5, 0.6) is 0 Å². The van der Waals surface area contributed by atoms with Crippen LogP contribution < -0.4 is 22.9 Å². The summed E-state index contributed by atoms with van der Waals surface area (Å²) in [6, 6.07) is 0. The molecule has 0 spiro atoms. The van der Waals surface area contributed by atoms with Crippen LogP contribution in [0.15, 0.2) is 0 Å². The Morgan fingerprint density at radius 2 is 0.812 bits per heavy atom. The molecule has 0 aromatic heterocycles. The third-order valence-electron chi connectivity index (χ3n) is 0.333. The third kappa shape index (κ3) is 366. The van der Waals surface area contributed by atoms with Gasteiger partial charge in [-0.2, -0.15) is 0 Å². The van der Waals surface area contributed by atoms with Gasteiger partial charge >= 0.3 is 56.9 Å². The second-order valence-corrected chi connectivity index (χ2v) is 3.69. The van der Waals surface area contributed by atoms with E-state index in [4.69, 9.17) is 66.0 Å². The van der Waals surface area contributed by atoms with Crippen LogP contribution in [0.4, 0.5) is 0 Å². The average molecular weight is 543 g/mol. The molecule has 0 saturated heterocycles. The van der Waals surface area contributed by atoms with Crippen molar-refractivity contribution >= 4 is 19.4 Å². The second-order valence-electron chi connectivity index (χ2n) is 1.20. The zero-order valence-electron chi connectivity index (χ0n) is 8.42. The second kappa shape index (κ2) is 103. The Morgan fingerprint density at radius 3 is 0.812 bits per heavy atom. The Balaban J connectivity index is -0.0000000199. The molecule has 10 heteroatoms. The van der Waals surface area contributed by atoms with Crippen LogP contribution in [0.25, 0.3) is 0 Å². The Morgan fingerprint density at radius 1 is 0.750 bits per heavy atom. The van der Waals surface area contributed by atoms with Crippen molar-refractivity contribution in [3.05, 3.63) is 13.1 Å². The maximum atomic E-state index is 6.25. The zero-order valence-corrected chi connectivity index (χ0v) is 13.7. The van der Waals surface area contributed by atoms with Crippen LogP contribution in [-0.2, 0) is 37.5 Å². The molecule has 0 fully saturated rings. The van der Waals surface area contributed by atoms with Crippen molar-refractivity contribution in [2.45, 2.75) is 0 Å². The summed E-state index contributed by atoms with van der Waals surface area (Å²) in [7, 11) is 9.67. The van der Waals surface area contributed by atoms with Crippen LogP contribution in [0.2, 0.25) is 0 Å². The predicted octanol–water partition coefficient (Wildman–Crippen LogP) is -0.626. The Bertz CT molecular complexity index is 83.6. The minimum absolute atomic E-state index is 0. The number of hydrogen-bond acceptors (Lipinski definition) is 6. The van der Waals surface area contributed by atoms with Gasteiger partial charge in [0.1, 0.15) is 0 Å². The van der Waals surface area contributed by atoms with Gasteiger partial charge in [0.25, 0.3) is 0 Å². The summed E-state index contributed by atoms with van der Waals surface area (Å²) in [5.74, 6) is 0. The number of halogens is 2. The number of rotatable bonds is 2. The first-order chi connectivity index (χ1) is 7.24. The van der Waals surface area contributed by atoms with E-state index in [0.717, 1.165) is 0 Å². The van der Waals surface area contributed by atoms with Crippen molar-refractivity contribution in [1.29, 1.82) is 10.5 Å². The van der Waals surface area contributed by atoms with E-state index in [1.165, 1.54) is 0 Å². The minimum atomic E-state index is -0.226. The molecule has 0 bridgehead atoms. The standard InChI is InChI=1S/2C2H8N2.2CN.Au.2ClH.Rh/c2*3-1-2-4;2*1-2;;;;/h2*1-4H2;;;;2*1H;/q;;2*-1;+1;;;+3/p-2. The van der Waals surface area contributed by atoms with Crippen LogP contribution in [0.3, 0.4) is 0 Å². The van der Waals surface area contributed by atoms with E-state index < -0.39 is 0 Å². The summed E-state index contributed by atoms with van der Waals surface area (Å²) in [6.07, 6.45) is 0. The first-order valence-electron chi connectivity index (χ1n) is 3.33. The summed E-state index contributed by atoms with van der Waals surface area (Å²) in [5, 5.41) is 12.5. The molecule has 0 atom stereocenters. The molecule has 0 aromatic rings. The van der Waals surface area contributed by atoms with Gasteiger partial charge in [0.2, 0.25) is 0 Å². The van der Waals surface area contributed by atoms with E-state index in [1.54, 1.807) is 0 Å². The van der Waals surface area contributed by atoms with Crippen molar-refractivity contribution in [3.63, 3.8) is 0 Å². The van der Waals surface area contributed by atoms with Crippen LogP contribution in [0, 0.1) is 23.7 Å². The molecule has 0 aliphatic carbocycles. The SMILES string of the molecule is NCCN.NCCN.[Au+].[C-]#N.[C-]#N.[Cl][Rh+][Cl]. The topological polar surface area (TPSA) is 152 Å². The van der Waals surface area contributed by atoms with Gasteiger partial charge < -0.3 is 46.6 Å². The molecule has 6 nitrogen and oxygen atoms in total. The van der Waals surface area contributed by atoms with Crippen molar-refractivity contribution in [2.75, 3.05) is 26.2 Å². The van der Waals surface area contributed by atoms with Gasteiger partial charge in [-0.25, -0.2) is 0 Å². The van der Waals surface area contributed by atoms with Crippen LogP contribution in [-0.4, -0.2) is 26.2 Å². The van der Waals surface area contributed by atoms with E-state index in [1.807, 2.05) is 0 Å². The fraction of sp³-hybridized carbons (Fsp3) is 0.667. The predicted molar refractivity (Wildman–Crippen MR) is 57.9 cm³/mol. The van der Waals surface area contributed by atoms with Gasteiger partial charge in [0.05, 0.1) is 0 Å². The molecule has 0 radical (unpaired) electrons. The first-order valence-corrected chi connectivity index (χ1v) is 7.55. The summed E-state index contributed by atoms with van der Waals surface area (Å²) >= 11 is -0.226. The first kappa shape index (κ1) is 36.0. The van der Waals surface area contributed by atoms with E-state index in [-0.39, 0.29) is 37.5 Å². The maximum absolute atomic E-state index is 6.25. The Kier molecular flexibility index (Phi) is 232. The molecular weight excluding hydrogens is 527 g/mol. The number of hydrogen-bond donors (Lipinski definition) is 4. The normalized spacial score (nSPS) is 5.38. The summed E-state index contributed by atoms with van der Waals surface area (Å²) in [4.78, 5) is 0. The number of nitrogens with two attached hydrogens (primary N) is 4. The van der Waals surface area contributed by atoms with E-state index in [0.29, 0.717) is 26.2 Å². The van der Waals surface area contributed by atoms with Gasteiger partial charge in [0.15, 0.2) is 0 Å². The van der Waals surface area contributed by atoms with Crippen molar-refractivity contribution in [3.8, 4) is 0 Å². The van der Waals surface area contributed by atoms with Crippen molar-refractivity contribution < 1.29 is 37.5 Å². The molecule has 0 unspecified atom stereocenters. The summed E-state index contributed by atoms with van der Waals surface area (Å²) in [6.45, 7) is 11.9. The quantitative estimate of drug-likeness (QED) is 0.269. The molecule has 0 aliphatic heterocycles. The van der Waals surface area contributed by atoms with Crippen LogP contribution >= 0.6 is 19.4 Å². The van der Waals surface area contributed by atoms with Crippen LogP contribution in [0.1, 0.15) is 0 Å². The fourth-order valence-corrected chi connectivity index (χ4v) is 0. The zero-order chi connectivity index (χ0) is 13.5. The van der Waals surface area contributed by atoms with Gasteiger partial charge in [-0.05, 0) is 0 Å². The molecule has 16 heavy (non-hydrogen) atoms. The molecule has 0 amide bonds. The molecule has 0 aromatic carbocycles. The summed E-state index contributed by atoms with van der Waals surface area (Å²) in [5.41, 5.74) is 19.6. The van der Waals surface area contributed by atoms with Gasteiger partial charge in [-0.3, -0.25) is 0 Å². The molecule has 0 heterocycles. The van der Waals surface area contributed by atoms with Crippen molar-refractivity contribution in [2.24, 2.45) is 22.9 Å².